The number of benzene rings is 10. The summed E-state index contributed by atoms with van der Waals surface area (Å²) < 4.78 is 2.41. The molecule has 0 N–H and O–H groups in total. The Hall–Kier alpha value is -7.94. The molecule has 282 valence electrons. The van der Waals surface area contributed by atoms with Gasteiger partial charge in [0.25, 0.3) is 0 Å². The van der Waals surface area contributed by atoms with Crippen LogP contribution in [0.5, 0.6) is 0 Å². The third-order valence-corrected chi connectivity index (χ3v) is 11.8. The molecule has 0 saturated heterocycles. The van der Waals surface area contributed by atoms with E-state index < -0.39 is 0 Å². The Morgan fingerprint density at radius 1 is 0.283 bits per heavy atom. The van der Waals surface area contributed by atoms with Crippen molar-refractivity contribution in [3.63, 3.8) is 0 Å². The number of anilines is 3. The monoisotopic (exact) mass is 764 g/mol. The predicted molar refractivity (Wildman–Crippen MR) is 255 cm³/mol. The Bertz CT molecular complexity index is 3290. The van der Waals surface area contributed by atoms with Crippen LogP contribution in [0.3, 0.4) is 0 Å². The summed E-state index contributed by atoms with van der Waals surface area (Å²) in [5.41, 5.74) is 16.1. The second-order valence-corrected chi connectivity index (χ2v) is 15.3. The van der Waals surface area contributed by atoms with Crippen molar-refractivity contribution >= 4 is 49.6 Å². The van der Waals surface area contributed by atoms with Crippen molar-refractivity contribution in [1.29, 1.82) is 0 Å². The molecular weight excluding hydrogens is 725 g/mol. The molecule has 2 heteroatoms. The molecular formula is C58H40N2. The van der Waals surface area contributed by atoms with Gasteiger partial charge in [0.15, 0.2) is 0 Å². The first-order valence-electron chi connectivity index (χ1n) is 20.6. The van der Waals surface area contributed by atoms with E-state index in [0.29, 0.717) is 0 Å². The van der Waals surface area contributed by atoms with Gasteiger partial charge in [-0.25, -0.2) is 0 Å². The van der Waals surface area contributed by atoms with E-state index in [-0.39, 0.29) is 0 Å². The Morgan fingerprint density at radius 3 is 1.60 bits per heavy atom. The van der Waals surface area contributed by atoms with Crippen molar-refractivity contribution < 1.29 is 0 Å². The Labute approximate surface area is 350 Å². The predicted octanol–water partition coefficient (Wildman–Crippen LogP) is 16.1. The number of aromatic nitrogens is 1. The lowest BCUT2D eigenvalue weighted by atomic mass is 9.92. The van der Waals surface area contributed by atoms with Crippen molar-refractivity contribution in [2.24, 2.45) is 0 Å². The topological polar surface area (TPSA) is 8.17 Å². The smallest absolute Gasteiger partial charge is 0.0562 e. The molecule has 0 unspecified atom stereocenters. The third-order valence-electron chi connectivity index (χ3n) is 11.8. The van der Waals surface area contributed by atoms with E-state index >= 15 is 0 Å². The van der Waals surface area contributed by atoms with Gasteiger partial charge in [-0.1, -0.05) is 194 Å². The molecule has 0 fully saturated rings. The lowest BCUT2D eigenvalue weighted by molar-refractivity contribution is 1.18. The van der Waals surface area contributed by atoms with Gasteiger partial charge in [0.2, 0.25) is 0 Å². The summed E-state index contributed by atoms with van der Waals surface area (Å²) in [5.74, 6) is 0. The summed E-state index contributed by atoms with van der Waals surface area (Å²) in [6.07, 6.45) is 0. The average Bonchev–Trinajstić information content (AvgIpc) is 3.68. The zero-order chi connectivity index (χ0) is 39.8. The first-order valence-corrected chi connectivity index (χ1v) is 20.6. The zero-order valence-electron chi connectivity index (χ0n) is 33.0. The molecule has 11 rings (SSSR count). The second kappa shape index (κ2) is 15.1. The summed E-state index contributed by atoms with van der Waals surface area (Å²) >= 11 is 0. The molecule has 1 heterocycles. The van der Waals surface area contributed by atoms with E-state index in [2.05, 4.69) is 252 Å². The molecule has 2 nitrogen and oxygen atoms in total. The molecule has 60 heavy (non-hydrogen) atoms. The third kappa shape index (κ3) is 6.14. The first kappa shape index (κ1) is 35.2. The molecule has 0 aliphatic heterocycles. The SMILES string of the molecule is c1ccc(-c2ccc(-c3ccccc3)c(N(c3ccc(-c4cccc5ccccc45)cc3-c3ccccc3)c3cccc4c3c3ccccc3n4-c3ccccc3)c2)cc1. The van der Waals surface area contributed by atoms with Gasteiger partial charge in [-0.15, -0.1) is 0 Å². The maximum absolute atomic E-state index is 2.54. The van der Waals surface area contributed by atoms with Crippen molar-refractivity contribution in [3.8, 4) is 50.2 Å². The van der Waals surface area contributed by atoms with E-state index in [0.717, 1.165) is 56.1 Å². The Morgan fingerprint density at radius 2 is 0.850 bits per heavy atom. The number of nitrogens with zero attached hydrogens (tertiary/aromatic N) is 2. The molecule has 0 saturated carbocycles. The summed E-state index contributed by atoms with van der Waals surface area (Å²) in [4.78, 5) is 2.54. The highest BCUT2D eigenvalue weighted by molar-refractivity contribution is 6.17. The molecule has 0 aliphatic carbocycles. The van der Waals surface area contributed by atoms with Gasteiger partial charge in [0, 0.05) is 27.6 Å². The molecule has 0 spiro atoms. The normalized spacial score (nSPS) is 11.3. The van der Waals surface area contributed by atoms with Gasteiger partial charge in [-0.2, -0.15) is 0 Å². The molecule has 10 aromatic carbocycles. The minimum Gasteiger partial charge on any atom is -0.309 e. The van der Waals surface area contributed by atoms with Crippen LogP contribution >= 0.6 is 0 Å². The lowest BCUT2D eigenvalue weighted by Crippen LogP contribution is -2.13. The molecule has 0 radical (unpaired) electrons. The summed E-state index contributed by atoms with van der Waals surface area (Å²) in [7, 11) is 0. The minimum atomic E-state index is 1.09. The summed E-state index contributed by atoms with van der Waals surface area (Å²) in [6.45, 7) is 0. The molecule has 0 bridgehead atoms. The lowest BCUT2D eigenvalue weighted by Gasteiger charge is -2.31. The number of rotatable bonds is 8. The van der Waals surface area contributed by atoms with E-state index in [4.69, 9.17) is 0 Å². The maximum atomic E-state index is 2.54. The van der Waals surface area contributed by atoms with Gasteiger partial charge in [-0.05, 0) is 92.7 Å². The van der Waals surface area contributed by atoms with E-state index in [1.165, 1.54) is 43.8 Å². The van der Waals surface area contributed by atoms with Crippen LogP contribution in [0, 0.1) is 0 Å². The fraction of sp³-hybridized carbons (Fsp3) is 0. The fourth-order valence-corrected chi connectivity index (χ4v) is 9.04. The van der Waals surface area contributed by atoms with Crippen molar-refractivity contribution in [2.45, 2.75) is 0 Å². The fourth-order valence-electron chi connectivity index (χ4n) is 9.04. The summed E-state index contributed by atoms with van der Waals surface area (Å²) in [5, 5.41) is 4.86. The quantitative estimate of drug-likeness (QED) is 0.150. The van der Waals surface area contributed by atoms with Gasteiger partial charge in [0.05, 0.1) is 28.1 Å². The number of para-hydroxylation sites is 2. The molecule has 0 aliphatic rings. The standard InChI is InChI=1S/C58H40N2/c1-5-19-41(20-6-1)45-35-37-50(43-21-7-2-8-22-43)57(40-45)60(56-34-18-33-55-58(56)51-30-15-16-32-53(51)59(55)47-27-11-4-12-28-47)54-38-36-46(39-52(54)44-23-9-3-10-24-44)49-31-17-26-42-25-13-14-29-48(42)49/h1-40H. The second-order valence-electron chi connectivity index (χ2n) is 15.3. The highest BCUT2D eigenvalue weighted by Crippen LogP contribution is 2.50. The minimum absolute atomic E-state index is 1.09. The summed E-state index contributed by atoms with van der Waals surface area (Å²) in [6, 6.07) is 88.1. The molecule has 0 atom stereocenters. The van der Waals surface area contributed by atoms with Crippen LogP contribution in [0.15, 0.2) is 243 Å². The number of hydrogen-bond acceptors (Lipinski definition) is 1. The average molecular weight is 765 g/mol. The molecule has 0 amide bonds. The van der Waals surface area contributed by atoms with E-state index in [9.17, 15) is 0 Å². The van der Waals surface area contributed by atoms with Gasteiger partial charge < -0.3 is 9.47 Å². The Balaban J connectivity index is 1.27. The maximum Gasteiger partial charge on any atom is 0.0562 e. The van der Waals surface area contributed by atoms with E-state index in [1.807, 2.05) is 0 Å². The Kier molecular flexibility index (Phi) is 8.87. The first-order chi connectivity index (χ1) is 29.8. The van der Waals surface area contributed by atoms with Crippen LogP contribution in [0.4, 0.5) is 17.1 Å². The highest BCUT2D eigenvalue weighted by Gasteiger charge is 2.26. The molecule has 1 aromatic heterocycles. The number of hydrogen-bond donors (Lipinski definition) is 0. The van der Waals surface area contributed by atoms with Crippen molar-refractivity contribution in [2.75, 3.05) is 4.90 Å². The largest absolute Gasteiger partial charge is 0.309 e. The van der Waals surface area contributed by atoms with Crippen LogP contribution in [0.1, 0.15) is 0 Å². The van der Waals surface area contributed by atoms with Crippen LogP contribution in [0.25, 0.3) is 82.8 Å². The zero-order valence-corrected chi connectivity index (χ0v) is 33.0. The van der Waals surface area contributed by atoms with Crippen molar-refractivity contribution in [3.05, 3.63) is 243 Å². The molecule has 11 aromatic rings. The van der Waals surface area contributed by atoms with Crippen LogP contribution < -0.4 is 4.90 Å². The van der Waals surface area contributed by atoms with Gasteiger partial charge in [0.1, 0.15) is 0 Å². The van der Waals surface area contributed by atoms with Crippen LogP contribution in [-0.4, -0.2) is 4.57 Å². The van der Waals surface area contributed by atoms with Crippen molar-refractivity contribution in [1.82, 2.24) is 4.57 Å². The highest BCUT2D eigenvalue weighted by atomic mass is 15.2. The van der Waals surface area contributed by atoms with Crippen LogP contribution in [0.2, 0.25) is 0 Å². The number of fused-ring (bicyclic) bond motifs is 4. The van der Waals surface area contributed by atoms with Gasteiger partial charge in [-0.3, -0.25) is 0 Å². The van der Waals surface area contributed by atoms with Gasteiger partial charge >= 0.3 is 0 Å². The van der Waals surface area contributed by atoms with Crippen LogP contribution in [-0.2, 0) is 0 Å². The van der Waals surface area contributed by atoms with E-state index in [1.54, 1.807) is 0 Å².